The molecule has 152 valence electrons. The van der Waals surface area contributed by atoms with Crippen LogP contribution in [0.15, 0.2) is 9.63 Å². The second-order valence-electron chi connectivity index (χ2n) is 7.02. The number of sulfone groups is 1. The van der Waals surface area contributed by atoms with Crippen molar-refractivity contribution in [1.82, 2.24) is 9.97 Å². The summed E-state index contributed by atoms with van der Waals surface area (Å²) in [6, 6.07) is 0. The highest BCUT2D eigenvalue weighted by molar-refractivity contribution is 9.10. The zero-order valence-corrected chi connectivity index (χ0v) is 17.6. The van der Waals surface area contributed by atoms with Gasteiger partial charge in [-0.3, -0.25) is 0 Å². The van der Waals surface area contributed by atoms with Crippen molar-refractivity contribution in [2.24, 2.45) is 5.92 Å². The fraction of sp³-hybridized carbons (Fsp3) is 0.500. The highest BCUT2D eigenvalue weighted by Gasteiger charge is 2.46. The minimum atomic E-state index is -3.85. The summed E-state index contributed by atoms with van der Waals surface area (Å²) in [7, 11) is -3.85. The molecule has 0 saturated heterocycles. The predicted molar refractivity (Wildman–Crippen MR) is 101 cm³/mol. The highest BCUT2D eigenvalue weighted by atomic mass is 79.9. The number of alkyl halides is 2. The van der Waals surface area contributed by atoms with Crippen molar-refractivity contribution in [3.05, 3.63) is 15.3 Å². The summed E-state index contributed by atoms with van der Waals surface area (Å²) >= 11 is 9.25. The van der Waals surface area contributed by atoms with E-state index in [0.717, 1.165) is 6.26 Å². The van der Waals surface area contributed by atoms with Gasteiger partial charge in [0.2, 0.25) is 20.9 Å². The Hall–Kier alpha value is -1.33. The molecule has 2 heterocycles. The maximum absolute atomic E-state index is 14.9. The molecule has 28 heavy (non-hydrogen) atoms. The average molecular weight is 501 g/mol. The summed E-state index contributed by atoms with van der Waals surface area (Å²) in [5.41, 5.74) is -0.262. The Morgan fingerprint density at radius 2 is 2.04 bits per heavy atom. The quantitative estimate of drug-likeness (QED) is 0.471. The van der Waals surface area contributed by atoms with Crippen LogP contribution < -0.4 is 9.64 Å². The zero-order chi connectivity index (χ0) is 20.4. The Balaban J connectivity index is 1.93. The largest absolute Gasteiger partial charge is 0.489 e. The minimum absolute atomic E-state index is 0.0287. The number of halogens is 5. The molecule has 1 saturated carbocycles. The summed E-state index contributed by atoms with van der Waals surface area (Å²) in [5, 5.41) is -0.458. The molecule has 12 heteroatoms. The van der Waals surface area contributed by atoms with E-state index in [1.807, 2.05) is 0 Å². The van der Waals surface area contributed by atoms with Gasteiger partial charge in [0.1, 0.15) is 23.0 Å². The summed E-state index contributed by atoms with van der Waals surface area (Å²) in [6.07, 6.45) is 0.383. The summed E-state index contributed by atoms with van der Waals surface area (Å²) in [5.74, 6) is -3.59. The van der Waals surface area contributed by atoms with E-state index in [4.69, 9.17) is 16.3 Å². The maximum atomic E-state index is 14.9. The van der Waals surface area contributed by atoms with Crippen LogP contribution in [0.2, 0.25) is 5.02 Å². The molecule has 0 atom stereocenters. The molecule has 1 aromatic heterocycles. The highest BCUT2D eigenvalue weighted by Crippen LogP contribution is 2.47. The van der Waals surface area contributed by atoms with E-state index in [9.17, 15) is 21.6 Å². The third-order valence-corrected chi connectivity index (χ3v) is 6.96. The fourth-order valence-corrected chi connectivity index (χ4v) is 4.61. The zero-order valence-electron chi connectivity index (χ0n) is 14.5. The van der Waals surface area contributed by atoms with Crippen LogP contribution in [0.4, 0.5) is 19.0 Å². The summed E-state index contributed by atoms with van der Waals surface area (Å²) in [4.78, 5) is 9.63. The van der Waals surface area contributed by atoms with Crippen molar-refractivity contribution in [1.29, 1.82) is 0 Å². The number of hydrogen-bond acceptors (Lipinski definition) is 6. The number of nitrogens with zero attached hydrogens (tertiary/aromatic N) is 3. The fourth-order valence-electron chi connectivity index (χ4n) is 3.50. The monoisotopic (exact) mass is 499 g/mol. The number of rotatable bonds is 3. The lowest BCUT2D eigenvalue weighted by molar-refractivity contribution is -0.107. The summed E-state index contributed by atoms with van der Waals surface area (Å²) < 4.78 is 71.0. The first-order valence-corrected chi connectivity index (χ1v) is 11.4. The molecule has 1 aliphatic heterocycles. The van der Waals surface area contributed by atoms with Crippen molar-refractivity contribution in [2.45, 2.75) is 23.9 Å². The van der Waals surface area contributed by atoms with E-state index in [1.54, 1.807) is 4.90 Å². The molecule has 4 rings (SSSR count). The molecule has 2 aliphatic rings. The van der Waals surface area contributed by atoms with E-state index < -0.39 is 26.7 Å². The van der Waals surface area contributed by atoms with Crippen molar-refractivity contribution >= 4 is 54.1 Å². The van der Waals surface area contributed by atoms with E-state index in [1.165, 1.54) is 0 Å². The number of ether oxygens (including phenoxy) is 1. The van der Waals surface area contributed by atoms with Gasteiger partial charge in [-0.2, -0.15) is 0 Å². The van der Waals surface area contributed by atoms with Crippen LogP contribution >= 0.6 is 27.5 Å². The van der Waals surface area contributed by atoms with Crippen LogP contribution in [0.25, 0.3) is 10.9 Å². The standard InChI is InChI=1S/C16H14BrClF3N3O3S/c1-28(25,26)15-22-12-8-13(10(18)9(17)11(12)19)27-3-2-24(14(8)23-15)6-7-4-16(20,21)5-7/h7H,2-6H2,1H3. The Labute approximate surface area is 172 Å². The van der Waals surface area contributed by atoms with E-state index in [2.05, 4.69) is 25.9 Å². The van der Waals surface area contributed by atoms with Gasteiger partial charge in [0.25, 0.3) is 0 Å². The molecular formula is C16H14BrClF3N3O3S. The SMILES string of the molecule is CS(=O)(=O)c1nc2c3c(c(Cl)c(Br)c(F)c3n1)OCCN2CC1CC(F)(F)C1. The topological polar surface area (TPSA) is 72.4 Å². The van der Waals surface area contributed by atoms with Gasteiger partial charge < -0.3 is 9.64 Å². The van der Waals surface area contributed by atoms with Crippen molar-refractivity contribution < 1.29 is 26.3 Å². The molecule has 2 aromatic rings. The van der Waals surface area contributed by atoms with Crippen LogP contribution in [0.1, 0.15) is 12.8 Å². The average Bonchev–Trinajstić information content (AvgIpc) is 2.75. The van der Waals surface area contributed by atoms with Gasteiger partial charge in [-0.1, -0.05) is 11.6 Å². The second kappa shape index (κ2) is 6.60. The van der Waals surface area contributed by atoms with Gasteiger partial charge in [0.15, 0.2) is 11.6 Å². The van der Waals surface area contributed by atoms with Crippen LogP contribution in [0.5, 0.6) is 5.75 Å². The summed E-state index contributed by atoms with van der Waals surface area (Å²) in [6.45, 7) is 0.602. The van der Waals surface area contributed by atoms with Crippen LogP contribution in [-0.2, 0) is 9.84 Å². The van der Waals surface area contributed by atoms with Gasteiger partial charge in [0, 0.05) is 25.6 Å². The number of hydrogen-bond donors (Lipinski definition) is 0. The minimum Gasteiger partial charge on any atom is -0.489 e. The van der Waals surface area contributed by atoms with Crippen LogP contribution in [0, 0.1) is 11.7 Å². The maximum Gasteiger partial charge on any atom is 0.249 e. The first-order chi connectivity index (χ1) is 13.0. The molecule has 0 spiro atoms. The third kappa shape index (κ3) is 3.30. The Bertz CT molecular complexity index is 1090. The van der Waals surface area contributed by atoms with Crippen molar-refractivity contribution in [3.8, 4) is 5.75 Å². The first-order valence-electron chi connectivity index (χ1n) is 8.32. The van der Waals surface area contributed by atoms with E-state index in [-0.39, 0.29) is 70.4 Å². The molecule has 0 N–H and O–H groups in total. The van der Waals surface area contributed by atoms with Crippen LogP contribution in [-0.4, -0.2) is 50.3 Å². The molecule has 6 nitrogen and oxygen atoms in total. The molecule has 1 aliphatic carbocycles. The first kappa shape index (κ1) is 20.0. The van der Waals surface area contributed by atoms with Gasteiger partial charge in [-0.05, 0) is 21.8 Å². The molecule has 0 amide bonds. The lowest BCUT2D eigenvalue weighted by Gasteiger charge is -2.38. The number of aromatic nitrogens is 2. The lowest BCUT2D eigenvalue weighted by atomic mass is 9.81. The Kier molecular flexibility index (Phi) is 4.70. The Morgan fingerprint density at radius 1 is 1.36 bits per heavy atom. The van der Waals surface area contributed by atoms with Crippen molar-refractivity contribution in [3.63, 3.8) is 0 Å². The third-order valence-electron chi connectivity index (χ3n) is 4.78. The van der Waals surface area contributed by atoms with Crippen LogP contribution in [0.3, 0.4) is 0 Å². The van der Waals surface area contributed by atoms with E-state index >= 15 is 0 Å². The molecule has 1 aromatic carbocycles. The number of benzene rings is 1. The molecule has 0 bridgehead atoms. The Morgan fingerprint density at radius 3 is 2.64 bits per heavy atom. The lowest BCUT2D eigenvalue weighted by Crippen LogP contribution is -2.43. The van der Waals surface area contributed by atoms with Gasteiger partial charge in [0.05, 0.1) is 16.4 Å². The molecule has 0 radical (unpaired) electrons. The van der Waals surface area contributed by atoms with Gasteiger partial charge >= 0.3 is 0 Å². The number of anilines is 1. The predicted octanol–water partition coefficient (Wildman–Crippen LogP) is 3.83. The molecule has 1 fully saturated rings. The molecular weight excluding hydrogens is 487 g/mol. The second-order valence-corrected chi connectivity index (χ2v) is 10.1. The normalized spacial score (nSPS) is 19.3. The van der Waals surface area contributed by atoms with Gasteiger partial charge in [-0.25, -0.2) is 31.6 Å². The molecule has 0 unspecified atom stereocenters. The smallest absolute Gasteiger partial charge is 0.249 e. The van der Waals surface area contributed by atoms with Gasteiger partial charge in [-0.15, -0.1) is 0 Å². The van der Waals surface area contributed by atoms with E-state index in [0.29, 0.717) is 0 Å². The van der Waals surface area contributed by atoms with Crippen molar-refractivity contribution in [2.75, 3.05) is 30.9 Å².